The molecule has 3 N–H and O–H groups in total. The van der Waals surface area contributed by atoms with Crippen molar-refractivity contribution in [1.82, 2.24) is 10.6 Å². The fourth-order valence-corrected chi connectivity index (χ4v) is 2.65. The third kappa shape index (κ3) is 2.96. The number of fused-ring (bicyclic) bond motifs is 1. The quantitative estimate of drug-likeness (QED) is 0.709. The summed E-state index contributed by atoms with van der Waals surface area (Å²) in [4.78, 5) is 0. The van der Waals surface area contributed by atoms with E-state index in [1.807, 2.05) is 30.3 Å². The average Bonchev–Trinajstić information content (AvgIpc) is 2.48. The zero-order valence-electron chi connectivity index (χ0n) is 10.8. The lowest BCUT2D eigenvalue weighted by Gasteiger charge is -2.43. The lowest BCUT2D eigenvalue weighted by Crippen LogP contribution is -2.68. The van der Waals surface area contributed by atoms with E-state index in [1.165, 1.54) is 0 Å². The minimum Gasteiger partial charge on any atom is -0.386 e. The van der Waals surface area contributed by atoms with E-state index in [-0.39, 0.29) is 12.1 Å². The largest absolute Gasteiger partial charge is 0.386 e. The van der Waals surface area contributed by atoms with E-state index in [9.17, 15) is 5.11 Å². The van der Waals surface area contributed by atoms with Gasteiger partial charge < -0.3 is 25.2 Å². The zero-order valence-corrected chi connectivity index (χ0v) is 10.8. The van der Waals surface area contributed by atoms with Gasteiger partial charge in [0, 0.05) is 19.1 Å². The fourth-order valence-electron chi connectivity index (χ4n) is 2.65. The summed E-state index contributed by atoms with van der Waals surface area (Å²) in [7, 11) is 0. The summed E-state index contributed by atoms with van der Waals surface area (Å²) in [6, 6.07) is 10.1. The minimum absolute atomic E-state index is 0.00303. The molecular formula is C14H20N2O3. The van der Waals surface area contributed by atoms with Crippen LogP contribution in [-0.2, 0) is 16.1 Å². The molecule has 2 fully saturated rings. The summed E-state index contributed by atoms with van der Waals surface area (Å²) >= 11 is 0. The van der Waals surface area contributed by atoms with Crippen molar-refractivity contribution < 1.29 is 14.6 Å². The molecule has 0 radical (unpaired) electrons. The van der Waals surface area contributed by atoms with Crippen molar-refractivity contribution in [2.75, 3.05) is 19.7 Å². The van der Waals surface area contributed by atoms with Crippen LogP contribution in [0.5, 0.6) is 0 Å². The Morgan fingerprint density at radius 1 is 1.21 bits per heavy atom. The van der Waals surface area contributed by atoms with Crippen molar-refractivity contribution in [1.29, 1.82) is 0 Å². The molecule has 0 spiro atoms. The number of aliphatic hydroxyl groups is 1. The van der Waals surface area contributed by atoms with Gasteiger partial charge in [-0.3, -0.25) is 0 Å². The number of aliphatic hydroxyl groups excluding tert-OH is 1. The number of rotatable bonds is 3. The second kappa shape index (κ2) is 5.98. The van der Waals surface area contributed by atoms with Crippen molar-refractivity contribution >= 4 is 0 Å². The van der Waals surface area contributed by atoms with Gasteiger partial charge in [-0.15, -0.1) is 0 Å². The highest BCUT2D eigenvalue weighted by molar-refractivity contribution is 5.13. The zero-order chi connectivity index (χ0) is 13.1. The van der Waals surface area contributed by atoms with Crippen molar-refractivity contribution in [3.8, 4) is 0 Å². The Morgan fingerprint density at radius 2 is 2.00 bits per heavy atom. The van der Waals surface area contributed by atoms with Crippen LogP contribution in [-0.4, -0.2) is 49.3 Å². The summed E-state index contributed by atoms with van der Waals surface area (Å²) in [5, 5.41) is 17.0. The number of ether oxygens (including phenoxy) is 2. The van der Waals surface area contributed by atoms with E-state index in [0.29, 0.717) is 13.2 Å². The van der Waals surface area contributed by atoms with Crippen LogP contribution in [0.1, 0.15) is 5.56 Å². The van der Waals surface area contributed by atoms with Gasteiger partial charge in [0.05, 0.1) is 19.3 Å². The molecule has 0 bridgehead atoms. The molecule has 5 nitrogen and oxygen atoms in total. The van der Waals surface area contributed by atoms with Gasteiger partial charge in [0.2, 0.25) is 0 Å². The first-order valence-corrected chi connectivity index (χ1v) is 6.76. The number of piperazine rings is 1. The van der Waals surface area contributed by atoms with Crippen molar-refractivity contribution in [2.24, 2.45) is 0 Å². The molecule has 2 saturated heterocycles. The van der Waals surface area contributed by atoms with Gasteiger partial charge in [-0.2, -0.15) is 0 Å². The Balaban J connectivity index is 1.56. The summed E-state index contributed by atoms with van der Waals surface area (Å²) in [6.45, 7) is 2.79. The molecule has 19 heavy (non-hydrogen) atoms. The minimum atomic E-state index is -0.643. The van der Waals surface area contributed by atoms with E-state index in [2.05, 4.69) is 10.6 Å². The molecule has 0 aromatic heterocycles. The van der Waals surface area contributed by atoms with Gasteiger partial charge in [-0.1, -0.05) is 30.3 Å². The molecule has 2 heterocycles. The molecular weight excluding hydrogens is 244 g/mol. The van der Waals surface area contributed by atoms with E-state index in [4.69, 9.17) is 9.47 Å². The molecule has 0 unspecified atom stereocenters. The highest BCUT2D eigenvalue weighted by Gasteiger charge is 2.40. The first-order chi connectivity index (χ1) is 9.34. The smallest absolute Gasteiger partial charge is 0.185 e. The second-order valence-electron chi connectivity index (χ2n) is 5.03. The van der Waals surface area contributed by atoms with Crippen LogP contribution < -0.4 is 10.6 Å². The van der Waals surface area contributed by atoms with Gasteiger partial charge in [0.15, 0.2) is 6.29 Å². The predicted octanol–water partition coefficient (Wildman–Crippen LogP) is -0.150. The second-order valence-corrected chi connectivity index (χ2v) is 5.03. The summed E-state index contributed by atoms with van der Waals surface area (Å²) < 4.78 is 11.3. The van der Waals surface area contributed by atoms with Crippen LogP contribution >= 0.6 is 0 Å². The summed E-state index contributed by atoms with van der Waals surface area (Å²) in [6.07, 6.45) is -1.20. The van der Waals surface area contributed by atoms with Gasteiger partial charge in [-0.05, 0) is 5.56 Å². The van der Waals surface area contributed by atoms with Crippen LogP contribution in [0.25, 0.3) is 0 Å². The predicted molar refractivity (Wildman–Crippen MR) is 70.6 cm³/mol. The third-order valence-electron chi connectivity index (χ3n) is 3.69. The molecule has 4 atom stereocenters. The van der Waals surface area contributed by atoms with Gasteiger partial charge in [-0.25, -0.2) is 0 Å². The summed E-state index contributed by atoms with van der Waals surface area (Å²) in [5.74, 6) is 0. The maximum Gasteiger partial charge on any atom is 0.185 e. The summed E-state index contributed by atoms with van der Waals surface area (Å²) in [5.41, 5.74) is 1.08. The first-order valence-electron chi connectivity index (χ1n) is 6.76. The lowest BCUT2D eigenvalue weighted by molar-refractivity contribution is -0.236. The average molecular weight is 264 g/mol. The third-order valence-corrected chi connectivity index (χ3v) is 3.69. The monoisotopic (exact) mass is 264 g/mol. The highest BCUT2D eigenvalue weighted by atomic mass is 16.7. The molecule has 104 valence electrons. The molecule has 0 amide bonds. The Kier molecular flexibility index (Phi) is 4.10. The van der Waals surface area contributed by atoms with E-state index in [0.717, 1.165) is 18.7 Å². The van der Waals surface area contributed by atoms with Crippen LogP contribution in [0.2, 0.25) is 0 Å². The van der Waals surface area contributed by atoms with E-state index >= 15 is 0 Å². The van der Waals surface area contributed by atoms with Crippen LogP contribution in [0.3, 0.4) is 0 Å². The molecule has 5 heteroatoms. The molecule has 1 aromatic carbocycles. The van der Waals surface area contributed by atoms with Crippen molar-refractivity contribution in [3.63, 3.8) is 0 Å². The van der Waals surface area contributed by atoms with Gasteiger partial charge in [0.1, 0.15) is 6.10 Å². The topological polar surface area (TPSA) is 62.8 Å². The first kappa shape index (κ1) is 13.0. The fraction of sp³-hybridized carbons (Fsp3) is 0.571. The van der Waals surface area contributed by atoms with E-state index in [1.54, 1.807) is 0 Å². The molecule has 0 saturated carbocycles. The van der Waals surface area contributed by atoms with Gasteiger partial charge in [0.25, 0.3) is 0 Å². The Hall–Kier alpha value is -0.980. The SMILES string of the molecule is O[C@H]1[C@@H](OCc2ccccc2)OC[C@@H]2NCCN[C@H]12. The lowest BCUT2D eigenvalue weighted by atomic mass is 9.97. The molecule has 2 aliphatic rings. The van der Waals surface area contributed by atoms with Crippen LogP contribution in [0.4, 0.5) is 0 Å². The normalized spacial score (nSPS) is 34.8. The highest BCUT2D eigenvalue weighted by Crippen LogP contribution is 2.19. The Bertz CT molecular complexity index is 401. The van der Waals surface area contributed by atoms with E-state index < -0.39 is 12.4 Å². The maximum atomic E-state index is 10.3. The maximum absolute atomic E-state index is 10.3. The van der Waals surface area contributed by atoms with Crippen molar-refractivity contribution in [2.45, 2.75) is 31.1 Å². The van der Waals surface area contributed by atoms with Crippen LogP contribution in [0, 0.1) is 0 Å². The van der Waals surface area contributed by atoms with Crippen molar-refractivity contribution in [3.05, 3.63) is 35.9 Å². The standard InChI is InChI=1S/C14H20N2O3/c17-13-12-11(15-6-7-16-12)9-19-14(13)18-8-10-4-2-1-3-5-10/h1-5,11-17H,6-9H2/t11-,12-,13+,14-/m0/s1. The Labute approximate surface area is 112 Å². The number of benzene rings is 1. The number of hydrogen-bond donors (Lipinski definition) is 3. The Morgan fingerprint density at radius 3 is 2.84 bits per heavy atom. The molecule has 3 rings (SSSR count). The molecule has 1 aromatic rings. The van der Waals surface area contributed by atoms with Crippen LogP contribution in [0.15, 0.2) is 30.3 Å². The molecule has 0 aliphatic carbocycles. The molecule has 2 aliphatic heterocycles. The van der Waals surface area contributed by atoms with Gasteiger partial charge >= 0.3 is 0 Å². The number of hydrogen-bond acceptors (Lipinski definition) is 5. The number of nitrogens with one attached hydrogen (secondary N) is 2.